The van der Waals surface area contributed by atoms with Crippen molar-refractivity contribution in [2.75, 3.05) is 6.54 Å². The van der Waals surface area contributed by atoms with Crippen molar-refractivity contribution in [1.29, 1.82) is 0 Å². The molecule has 1 heterocycles. The number of aliphatic carboxylic acids is 1. The lowest BCUT2D eigenvalue weighted by atomic mass is 10.1. The number of likely N-dealkylation sites (tertiary alicyclic amines) is 1. The van der Waals surface area contributed by atoms with E-state index in [1.54, 1.807) is 0 Å². The molecule has 0 aliphatic carbocycles. The Morgan fingerprint density at radius 1 is 1.40 bits per heavy atom. The van der Waals surface area contributed by atoms with Crippen molar-refractivity contribution < 1.29 is 19.6 Å². The first-order valence-corrected chi connectivity index (χ1v) is 6.68. The summed E-state index contributed by atoms with van der Waals surface area (Å²) >= 11 is 3.11. The topological polar surface area (TPSA) is 101 Å². The minimum Gasteiger partial charge on any atom is -0.480 e. The number of carboxylic acid groups (broad SMARTS) is 1. The van der Waals surface area contributed by atoms with Crippen molar-refractivity contribution in [2.45, 2.75) is 18.9 Å². The molecule has 0 saturated carbocycles. The number of non-ortho nitro benzene ring substituents is 1. The summed E-state index contributed by atoms with van der Waals surface area (Å²) < 4.78 is 0.404. The molecule has 1 aromatic rings. The molecule has 1 atom stereocenters. The molecule has 1 saturated heterocycles. The summed E-state index contributed by atoms with van der Waals surface area (Å²) in [6, 6.07) is 3.03. The fraction of sp³-hybridized carbons (Fsp3) is 0.333. The first-order chi connectivity index (χ1) is 9.40. The van der Waals surface area contributed by atoms with Crippen molar-refractivity contribution in [3.05, 3.63) is 38.3 Å². The molecule has 20 heavy (non-hydrogen) atoms. The molecule has 1 N–H and O–H groups in total. The Kier molecular flexibility index (Phi) is 4.03. The van der Waals surface area contributed by atoms with Crippen LogP contribution in [0, 0.1) is 10.1 Å². The highest BCUT2D eigenvalue weighted by Gasteiger charge is 2.34. The summed E-state index contributed by atoms with van der Waals surface area (Å²) in [7, 11) is 0. The van der Waals surface area contributed by atoms with Gasteiger partial charge in [-0.05, 0) is 18.9 Å². The van der Waals surface area contributed by atoms with Gasteiger partial charge in [-0.25, -0.2) is 4.79 Å². The van der Waals surface area contributed by atoms with Gasteiger partial charge in [-0.2, -0.15) is 0 Å². The van der Waals surface area contributed by atoms with Gasteiger partial charge < -0.3 is 10.0 Å². The average Bonchev–Trinajstić information content (AvgIpc) is 2.86. The van der Waals surface area contributed by atoms with Crippen LogP contribution in [0.3, 0.4) is 0 Å². The van der Waals surface area contributed by atoms with Crippen molar-refractivity contribution in [2.24, 2.45) is 0 Å². The number of halogens is 1. The zero-order valence-corrected chi connectivity index (χ0v) is 11.9. The largest absolute Gasteiger partial charge is 0.480 e. The smallest absolute Gasteiger partial charge is 0.326 e. The maximum absolute atomic E-state index is 12.3. The third kappa shape index (κ3) is 2.79. The second-order valence-corrected chi connectivity index (χ2v) is 5.37. The number of nitro groups is 1. The lowest BCUT2D eigenvalue weighted by molar-refractivity contribution is -0.385. The van der Waals surface area contributed by atoms with Crippen LogP contribution in [0.25, 0.3) is 0 Å². The van der Waals surface area contributed by atoms with E-state index in [4.69, 9.17) is 5.11 Å². The fourth-order valence-electron chi connectivity index (χ4n) is 2.24. The number of rotatable bonds is 3. The molecular formula is C12H11BrN2O5. The summed E-state index contributed by atoms with van der Waals surface area (Å²) in [5, 5.41) is 19.9. The van der Waals surface area contributed by atoms with Gasteiger partial charge in [-0.1, -0.05) is 15.9 Å². The molecule has 106 valence electrons. The fourth-order valence-corrected chi connectivity index (χ4v) is 2.72. The normalized spacial score (nSPS) is 18.1. The summed E-state index contributed by atoms with van der Waals surface area (Å²) in [5.41, 5.74) is -0.104. The zero-order valence-electron chi connectivity index (χ0n) is 10.3. The summed E-state index contributed by atoms with van der Waals surface area (Å²) in [6.45, 7) is 0.343. The molecule has 1 fully saturated rings. The highest BCUT2D eigenvalue weighted by molar-refractivity contribution is 9.10. The predicted octanol–water partition coefficient (Wildman–Crippen LogP) is 2.05. The minimum atomic E-state index is -1.06. The third-order valence-electron chi connectivity index (χ3n) is 3.14. The quantitative estimate of drug-likeness (QED) is 0.669. The zero-order chi connectivity index (χ0) is 14.9. The number of nitrogens with zero attached hydrogens (tertiary/aromatic N) is 2. The Hall–Kier alpha value is -1.96. The van der Waals surface area contributed by atoms with E-state index in [1.165, 1.54) is 17.0 Å². The van der Waals surface area contributed by atoms with E-state index in [-0.39, 0.29) is 11.3 Å². The molecular weight excluding hydrogens is 332 g/mol. The number of nitro benzene ring substituents is 1. The van der Waals surface area contributed by atoms with Crippen LogP contribution >= 0.6 is 15.9 Å². The Morgan fingerprint density at radius 3 is 2.70 bits per heavy atom. The maximum atomic E-state index is 12.3. The molecule has 0 aromatic heterocycles. The molecule has 0 spiro atoms. The van der Waals surface area contributed by atoms with Crippen LogP contribution in [0.2, 0.25) is 0 Å². The monoisotopic (exact) mass is 342 g/mol. The number of hydrogen-bond donors (Lipinski definition) is 1. The summed E-state index contributed by atoms with van der Waals surface area (Å²) in [5.74, 6) is -1.56. The Morgan fingerprint density at radius 2 is 2.10 bits per heavy atom. The first kappa shape index (κ1) is 14.4. The van der Waals surface area contributed by atoms with Gasteiger partial charge in [0.1, 0.15) is 6.04 Å². The molecule has 7 nitrogen and oxygen atoms in total. The van der Waals surface area contributed by atoms with E-state index in [0.29, 0.717) is 23.9 Å². The van der Waals surface area contributed by atoms with Crippen LogP contribution in [0.5, 0.6) is 0 Å². The van der Waals surface area contributed by atoms with Crippen molar-refractivity contribution >= 4 is 33.5 Å². The molecule has 8 heteroatoms. The second kappa shape index (κ2) is 5.58. The number of amides is 1. The van der Waals surface area contributed by atoms with Gasteiger partial charge >= 0.3 is 5.97 Å². The molecule has 2 rings (SSSR count). The molecule has 1 amide bonds. The number of benzene rings is 1. The summed E-state index contributed by atoms with van der Waals surface area (Å²) in [4.78, 5) is 34.8. The van der Waals surface area contributed by atoms with E-state index >= 15 is 0 Å². The average molecular weight is 343 g/mol. The molecule has 0 unspecified atom stereocenters. The number of carbonyl (C=O) groups is 2. The third-order valence-corrected chi connectivity index (χ3v) is 3.60. The minimum absolute atomic E-state index is 0.110. The molecule has 0 radical (unpaired) electrons. The van der Waals surface area contributed by atoms with E-state index in [1.807, 2.05) is 0 Å². The van der Waals surface area contributed by atoms with Crippen LogP contribution in [-0.2, 0) is 4.79 Å². The Bertz CT molecular complexity index is 589. The van der Waals surface area contributed by atoms with Gasteiger partial charge in [0.15, 0.2) is 0 Å². The standard InChI is InChI=1S/C12H11BrN2O5/c13-8-4-7(5-9(6-8)15(19)20)11(16)14-3-1-2-10(14)12(17)18/h4-6,10H,1-3H2,(H,17,18)/t10-/m1/s1. The maximum Gasteiger partial charge on any atom is 0.326 e. The lowest BCUT2D eigenvalue weighted by Gasteiger charge is -2.21. The number of carbonyl (C=O) groups excluding carboxylic acids is 1. The van der Waals surface area contributed by atoms with E-state index in [0.717, 1.165) is 6.07 Å². The molecule has 1 aliphatic rings. The SMILES string of the molecule is O=C(O)[C@H]1CCCN1C(=O)c1cc(Br)cc([N+](=O)[O-])c1. The Labute approximate surface area is 122 Å². The van der Waals surface area contributed by atoms with Gasteiger partial charge in [0.2, 0.25) is 0 Å². The van der Waals surface area contributed by atoms with Gasteiger partial charge in [0, 0.05) is 28.7 Å². The lowest BCUT2D eigenvalue weighted by Crippen LogP contribution is -2.40. The summed E-state index contributed by atoms with van der Waals surface area (Å²) in [6.07, 6.45) is 1.01. The predicted molar refractivity (Wildman–Crippen MR) is 72.5 cm³/mol. The van der Waals surface area contributed by atoms with E-state index in [2.05, 4.69) is 15.9 Å². The van der Waals surface area contributed by atoms with Crippen molar-refractivity contribution in [3.8, 4) is 0 Å². The highest BCUT2D eigenvalue weighted by atomic mass is 79.9. The van der Waals surface area contributed by atoms with Gasteiger partial charge in [-0.15, -0.1) is 0 Å². The molecule has 1 aliphatic heterocycles. The van der Waals surface area contributed by atoms with Gasteiger partial charge in [-0.3, -0.25) is 14.9 Å². The second-order valence-electron chi connectivity index (χ2n) is 4.45. The van der Waals surface area contributed by atoms with Gasteiger partial charge in [0.05, 0.1) is 4.92 Å². The number of carboxylic acids is 1. The van der Waals surface area contributed by atoms with Crippen molar-refractivity contribution in [3.63, 3.8) is 0 Å². The van der Waals surface area contributed by atoms with Crippen LogP contribution in [0.4, 0.5) is 5.69 Å². The van der Waals surface area contributed by atoms with Crippen LogP contribution in [0.1, 0.15) is 23.2 Å². The molecule has 0 bridgehead atoms. The van der Waals surface area contributed by atoms with Crippen LogP contribution < -0.4 is 0 Å². The van der Waals surface area contributed by atoms with Crippen LogP contribution in [0.15, 0.2) is 22.7 Å². The first-order valence-electron chi connectivity index (χ1n) is 5.89. The van der Waals surface area contributed by atoms with Crippen LogP contribution in [-0.4, -0.2) is 39.4 Å². The van der Waals surface area contributed by atoms with E-state index < -0.39 is 22.8 Å². The number of hydrogen-bond acceptors (Lipinski definition) is 4. The van der Waals surface area contributed by atoms with E-state index in [9.17, 15) is 19.7 Å². The van der Waals surface area contributed by atoms with Crippen molar-refractivity contribution in [1.82, 2.24) is 4.90 Å². The van der Waals surface area contributed by atoms with Gasteiger partial charge in [0.25, 0.3) is 11.6 Å². The molecule has 1 aromatic carbocycles. The highest BCUT2D eigenvalue weighted by Crippen LogP contribution is 2.25. The Balaban J connectivity index is 2.33.